The van der Waals surface area contributed by atoms with Crippen molar-refractivity contribution < 1.29 is 0 Å². The van der Waals surface area contributed by atoms with Crippen LogP contribution in [-0.4, -0.2) is 0 Å². The minimum absolute atomic E-state index is 0.635. The quantitative estimate of drug-likeness (QED) is 0.625. The van der Waals surface area contributed by atoms with Gasteiger partial charge in [0.05, 0.1) is 0 Å². The van der Waals surface area contributed by atoms with E-state index in [1.807, 2.05) is 18.2 Å². The van der Waals surface area contributed by atoms with E-state index in [0.29, 0.717) is 5.92 Å². The van der Waals surface area contributed by atoms with Crippen LogP contribution in [0.5, 0.6) is 0 Å². The van der Waals surface area contributed by atoms with E-state index in [2.05, 4.69) is 0 Å². The molecule has 0 amide bonds. The normalized spacial score (nSPS) is 16.9. The third-order valence-electron chi connectivity index (χ3n) is 1.99. The zero-order valence-corrected chi connectivity index (χ0v) is 7.49. The Labute approximate surface area is 76.1 Å². The molecule has 0 N–H and O–H groups in total. The van der Waals surface area contributed by atoms with Crippen molar-refractivity contribution >= 4 is 23.2 Å². The fraction of sp³-hybridized carbons (Fsp3) is 0.333. The lowest BCUT2D eigenvalue weighted by molar-refractivity contribution is 1.13. The summed E-state index contributed by atoms with van der Waals surface area (Å²) in [7, 11) is 0. The standard InChI is InChI=1S/C9H8Cl2/c10-7-2-1-3-8(11)9(7)6-4-5-6/h1-3,6H,4-5H2. The molecule has 1 saturated carbocycles. The molecule has 58 valence electrons. The van der Waals surface area contributed by atoms with Gasteiger partial charge in [-0.15, -0.1) is 0 Å². The molecule has 0 aromatic heterocycles. The van der Waals surface area contributed by atoms with E-state index in [4.69, 9.17) is 23.2 Å². The molecule has 1 aromatic carbocycles. The van der Waals surface area contributed by atoms with Gasteiger partial charge in [0.2, 0.25) is 0 Å². The predicted molar refractivity (Wildman–Crippen MR) is 48.4 cm³/mol. The number of rotatable bonds is 1. The van der Waals surface area contributed by atoms with Crippen molar-refractivity contribution in [2.75, 3.05) is 0 Å². The summed E-state index contributed by atoms with van der Waals surface area (Å²) in [6.45, 7) is 0. The zero-order chi connectivity index (χ0) is 7.84. The van der Waals surface area contributed by atoms with Crippen molar-refractivity contribution in [3.05, 3.63) is 33.8 Å². The highest BCUT2D eigenvalue weighted by Gasteiger charge is 2.27. The lowest BCUT2D eigenvalue weighted by Gasteiger charge is -2.03. The third-order valence-corrected chi connectivity index (χ3v) is 2.64. The number of hydrogen-bond acceptors (Lipinski definition) is 0. The highest BCUT2D eigenvalue weighted by Crippen LogP contribution is 2.46. The lowest BCUT2D eigenvalue weighted by atomic mass is 10.1. The molecule has 11 heavy (non-hydrogen) atoms. The topological polar surface area (TPSA) is 0 Å². The molecule has 1 aliphatic rings. The molecule has 1 fully saturated rings. The van der Waals surface area contributed by atoms with E-state index in [9.17, 15) is 0 Å². The molecule has 0 radical (unpaired) electrons. The van der Waals surface area contributed by atoms with Gasteiger partial charge in [-0.1, -0.05) is 29.3 Å². The largest absolute Gasteiger partial charge is 0.0840 e. The van der Waals surface area contributed by atoms with E-state index >= 15 is 0 Å². The average Bonchev–Trinajstić information content (AvgIpc) is 2.70. The summed E-state index contributed by atoms with van der Waals surface area (Å²) in [5.74, 6) is 0.635. The molecule has 0 unspecified atom stereocenters. The second kappa shape index (κ2) is 2.69. The highest BCUT2D eigenvalue weighted by molar-refractivity contribution is 6.36. The van der Waals surface area contributed by atoms with Crippen molar-refractivity contribution in [1.82, 2.24) is 0 Å². The Morgan fingerprint density at radius 2 is 1.64 bits per heavy atom. The van der Waals surface area contributed by atoms with Gasteiger partial charge >= 0.3 is 0 Å². The third kappa shape index (κ3) is 1.38. The molecule has 0 nitrogen and oxygen atoms in total. The molecule has 0 bridgehead atoms. The van der Waals surface area contributed by atoms with Crippen LogP contribution in [0.2, 0.25) is 10.0 Å². The molecule has 0 saturated heterocycles. The number of benzene rings is 1. The molecule has 2 rings (SSSR count). The second-order valence-electron chi connectivity index (χ2n) is 2.91. The molecule has 0 heterocycles. The van der Waals surface area contributed by atoms with Crippen molar-refractivity contribution in [1.29, 1.82) is 0 Å². The van der Waals surface area contributed by atoms with E-state index in [0.717, 1.165) is 15.6 Å². The van der Waals surface area contributed by atoms with Crippen LogP contribution in [-0.2, 0) is 0 Å². The molecule has 1 aromatic rings. The van der Waals surface area contributed by atoms with Gasteiger partial charge in [0.15, 0.2) is 0 Å². The Morgan fingerprint density at radius 3 is 2.09 bits per heavy atom. The smallest absolute Gasteiger partial charge is 0.0455 e. The maximum atomic E-state index is 5.98. The van der Waals surface area contributed by atoms with Crippen LogP contribution < -0.4 is 0 Å². The zero-order valence-electron chi connectivity index (χ0n) is 5.98. The van der Waals surface area contributed by atoms with Gasteiger partial charge in [0.1, 0.15) is 0 Å². The van der Waals surface area contributed by atoms with Crippen LogP contribution >= 0.6 is 23.2 Å². The van der Waals surface area contributed by atoms with Crippen LogP contribution in [0.4, 0.5) is 0 Å². The molecular formula is C9H8Cl2. The maximum absolute atomic E-state index is 5.98. The maximum Gasteiger partial charge on any atom is 0.0455 e. The van der Waals surface area contributed by atoms with Gasteiger partial charge in [-0.25, -0.2) is 0 Å². The van der Waals surface area contributed by atoms with Crippen LogP contribution in [0.3, 0.4) is 0 Å². The predicted octanol–water partition coefficient (Wildman–Crippen LogP) is 3.87. The summed E-state index contributed by atoms with van der Waals surface area (Å²) < 4.78 is 0. The van der Waals surface area contributed by atoms with E-state index in [1.54, 1.807) is 0 Å². The Morgan fingerprint density at radius 1 is 1.09 bits per heavy atom. The molecule has 0 aliphatic heterocycles. The molecule has 0 atom stereocenters. The van der Waals surface area contributed by atoms with Crippen molar-refractivity contribution in [2.24, 2.45) is 0 Å². The van der Waals surface area contributed by atoms with Gasteiger partial charge in [-0.05, 0) is 36.5 Å². The first kappa shape index (κ1) is 7.45. The minimum Gasteiger partial charge on any atom is -0.0840 e. The Bertz CT molecular complexity index is 257. The lowest BCUT2D eigenvalue weighted by Crippen LogP contribution is -1.82. The number of halogens is 2. The summed E-state index contributed by atoms with van der Waals surface area (Å²) in [6.07, 6.45) is 2.48. The average molecular weight is 187 g/mol. The number of hydrogen-bond donors (Lipinski definition) is 0. The molecule has 0 spiro atoms. The van der Waals surface area contributed by atoms with Crippen LogP contribution in [0.1, 0.15) is 24.3 Å². The summed E-state index contributed by atoms with van der Waals surface area (Å²) >= 11 is 12.0. The van der Waals surface area contributed by atoms with E-state index in [1.165, 1.54) is 12.8 Å². The first-order chi connectivity index (χ1) is 5.29. The Kier molecular flexibility index (Phi) is 1.82. The fourth-order valence-corrected chi connectivity index (χ4v) is 1.98. The molecular weight excluding hydrogens is 179 g/mol. The summed E-state index contributed by atoms with van der Waals surface area (Å²) in [5, 5.41) is 1.64. The van der Waals surface area contributed by atoms with Crippen molar-refractivity contribution in [3.63, 3.8) is 0 Å². The van der Waals surface area contributed by atoms with Crippen molar-refractivity contribution in [2.45, 2.75) is 18.8 Å². The summed E-state index contributed by atoms with van der Waals surface area (Å²) in [6, 6.07) is 5.69. The van der Waals surface area contributed by atoms with E-state index < -0.39 is 0 Å². The molecule has 1 aliphatic carbocycles. The SMILES string of the molecule is Clc1cccc(Cl)c1C1CC1. The minimum atomic E-state index is 0.635. The van der Waals surface area contributed by atoms with Crippen LogP contribution in [0, 0.1) is 0 Å². The second-order valence-corrected chi connectivity index (χ2v) is 3.72. The Hall–Kier alpha value is -0.200. The van der Waals surface area contributed by atoms with Crippen LogP contribution in [0.25, 0.3) is 0 Å². The van der Waals surface area contributed by atoms with Gasteiger partial charge in [0, 0.05) is 10.0 Å². The Balaban J connectivity index is 2.48. The van der Waals surface area contributed by atoms with Crippen LogP contribution in [0.15, 0.2) is 18.2 Å². The molecule has 2 heteroatoms. The summed E-state index contributed by atoms with van der Waals surface area (Å²) in [4.78, 5) is 0. The van der Waals surface area contributed by atoms with E-state index in [-0.39, 0.29) is 0 Å². The first-order valence-electron chi connectivity index (χ1n) is 3.73. The monoisotopic (exact) mass is 186 g/mol. The highest BCUT2D eigenvalue weighted by atomic mass is 35.5. The van der Waals surface area contributed by atoms with Crippen molar-refractivity contribution in [3.8, 4) is 0 Å². The summed E-state index contributed by atoms with van der Waals surface area (Å²) in [5.41, 5.74) is 1.15. The fourth-order valence-electron chi connectivity index (χ4n) is 1.27. The van der Waals surface area contributed by atoms with Gasteiger partial charge < -0.3 is 0 Å². The van der Waals surface area contributed by atoms with Gasteiger partial charge in [0.25, 0.3) is 0 Å². The van der Waals surface area contributed by atoms with Gasteiger partial charge in [-0.3, -0.25) is 0 Å². The van der Waals surface area contributed by atoms with Gasteiger partial charge in [-0.2, -0.15) is 0 Å². The first-order valence-corrected chi connectivity index (χ1v) is 4.48.